The maximum absolute atomic E-state index is 15.2. The first-order chi connectivity index (χ1) is 19.9. The Morgan fingerprint density at radius 3 is 2.85 bits per heavy atom. The smallest absolute Gasteiger partial charge is 0.329 e. The Kier molecular flexibility index (Phi) is 6.93. The Bertz CT molecular complexity index is 1690. The zero-order chi connectivity index (χ0) is 28.7. The highest BCUT2D eigenvalue weighted by molar-refractivity contribution is 6.00. The Balaban J connectivity index is 1.37. The van der Waals surface area contributed by atoms with Gasteiger partial charge in [-0.3, -0.25) is 9.47 Å². The van der Waals surface area contributed by atoms with Crippen LogP contribution in [0.15, 0.2) is 42.9 Å². The second kappa shape index (κ2) is 10.7. The Hall–Kier alpha value is -4.69. The molecule has 0 unspecified atom stereocenters. The molecule has 6 rings (SSSR count). The third-order valence-corrected chi connectivity index (χ3v) is 7.40. The van der Waals surface area contributed by atoms with E-state index in [9.17, 15) is 9.18 Å². The molecule has 0 saturated carbocycles. The topological polar surface area (TPSA) is 98.7 Å². The Morgan fingerprint density at radius 1 is 1.29 bits per heavy atom. The van der Waals surface area contributed by atoms with Crippen LogP contribution >= 0.6 is 0 Å². The van der Waals surface area contributed by atoms with Crippen molar-refractivity contribution in [2.45, 2.75) is 25.9 Å². The van der Waals surface area contributed by atoms with Crippen molar-refractivity contribution >= 4 is 22.6 Å². The second-order valence-electron chi connectivity index (χ2n) is 10.1. The van der Waals surface area contributed by atoms with Crippen molar-refractivity contribution in [1.82, 2.24) is 24.3 Å². The summed E-state index contributed by atoms with van der Waals surface area (Å²) in [6.07, 6.45) is 8.99. The van der Waals surface area contributed by atoms with Gasteiger partial charge in [-0.2, -0.15) is 4.39 Å². The molecule has 2 aliphatic rings. The molecule has 41 heavy (non-hydrogen) atoms. The van der Waals surface area contributed by atoms with Gasteiger partial charge in [0.25, 0.3) is 0 Å². The fraction of sp³-hybridized carbons (Fsp3) is 0.300. The predicted octanol–water partition coefficient (Wildman–Crippen LogP) is 4.28. The molecule has 11 heteroatoms. The number of rotatable bonds is 5. The molecule has 4 aromatic rings. The number of likely N-dealkylation sites (tertiary alicyclic amines) is 1. The van der Waals surface area contributed by atoms with Crippen LogP contribution < -0.4 is 15.2 Å². The van der Waals surface area contributed by atoms with Crippen LogP contribution in [-0.2, 0) is 6.54 Å². The average molecular weight is 559 g/mol. The number of nitrogens with two attached hydrogens (primary N) is 1. The van der Waals surface area contributed by atoms with Crippen LogP contribution in [-0.4, -0.2) is 69.3 Å². The minimum absolute atomic E-state index is 0.0736. The van der Waals surface area contributed by atoms with E-state index in [0.29, 0.717) is 78.5 Å². The molecule has 2 aliphatic heterocycles. The molecule has 210 valence electrons. The van der Waals surface area contributed by atoms with Crippen molar-refractivity contribution < 1.29 is 23.0 Å². The van der Waals surface area contributed by atoms with E-state index < -0.39 is 11.8 Å². The number of anilines is 1. The third-order valence-electron chi connectivity index (χ3n) is 7.40. The maximum atomic E-state index is 15.2. The number of halogens is 2. The van der Waals surface area contributed by atoms with Gasteiger partial charge in [-0.05, 0) is 30.0 Å². The molecule has 0 spiro atoms. The summed E-state index contributed by atoms with van der Waals surface area (Å²) in [7, 11) is 0. The first kappa shape index (κ1) is 26.5. The summed E-state index contributed by atoms with van der Waals surface area (Å²) in [6, 6.07) is 7.99. The summed E-state index contributed by atoms with van der Waals surface area (Å²) in [5.74, 6) is 2.77. The van der Waals surface area contributed by atoms with Crippen molar-refractivity contribution in [3.05, 3.63) is 65.7 Å². The predicted molar refractivity (Wildman–Crippen MR) is 150 cm³/mol. The zero-order valence-corrected chi connectivity index (χ0v) is 22.4. The van der Waals surface area contributed by atoms with Crippen LogP contribution in [0.2, 0.25) is 0 Å². The monoisotopic (exact) mass is 558 g/mol. The van der Waals surface area contributed by atoms with Gasteiger partial charge in [0.1, 0.15) is 24.6 Å². The molecule has 4 heterocycles. The minimum atomic E-state index is -0.703. The second-order valence-corrected chi connectivity index (χ2v) is 10.1. The van der Waals surface area contributed by atoms with Crippen LogP contribution in [0, 0.1) is 24.1 Å². The van der Waals surface area contributed by atoms with Gasteiger partial charge in [0, 0.05) is 48.7 Å². The summed E-state index contributed by atoms with van der Waals surface area (Å²) in [5.41, 5.74) is 8.21. The largest absolute Gasteiger partial charge is 0.489 e. The number of nitrogen functional groups attached to an aromatic ring is 1. The van der Waals surface area contributed by atoms with Crippen molar-refractivity contribution in [2.24, 2.45) is 0 Å². The summed E-state index contributed by atoms with van der Waals surface area (Å²) in [4.78, 5) is 24.5. The molecule has 0 atom stereocenters. The highest BCUT2D eigenvalue weighted by Crippen LogP contribution is 2.46. The number of carbonyl (C=O) groups excluding carboxylic acids is 1. The molecular formula is C30H28F2N6O3. The van der Waals surface area contributed by atoms with Gasteiger partial charge in [-0.1, -0.05) is 25.0 Å². The summed E-state index contributed by atoms with van der Waals surface area (Å²) in [5, 5.41) is 0.896. The van der Waals surface area contributed by atoms with E-state index in [2.05, 4.69) is 20.8 Å². The zero-order valence-electron chi connectivity index (χ0n) is 22.4. The lowest BCUT2D eigenvalue weighted by Crippen LogP contribution is -2.61. The molecule has 0 aliphatic carbocycles. The number of ether oxygens (including phenoxy) is 2. The Morgan fingerprint density at radius 2 is 2.12 bits per heavy atom. The number of carbonyl (C=O) groups is 1. The lowest BCUT2D eigenvalue weighted by molar-refractivity contribution is 0.0490. The van der Waals surface area contributed by atoms with Gasteiger partial charge in [-0.15, -0.1) is 6.42 Å². The van der Waals surface area contributed by atoms with Crippen LogP contribution in [0.5, 0.6) is 11.5 Å². The molecule has 1 saturated heterocycles. The highest BCUT2D eigenvalue weighted by Gasteiger charge is 2.37. The summed E-state index contributed by atoms with van der Waals surface area (Å²) >= 11 is 0. The quantitative estimate of drug-likeness (QED) is 0.365. The third kappa shape index (κ3) is 4.80. The number of pyridine rings is 1. The number of benzene rings is 2. The lowest BCUT2D eigenvalue weighted by atomic mass is 9.94. The molecule has 2 aromatic heterocycles. The molecular weight excluding hydrogens is 530 g/mol. The summed E-state index contributed by atoms with van der Waals surface area (Å²) in [6.45, 7) is 4.79. The molecule has 0 bridgehead atoms. The minimum Gasteiger partial charge on any atom is -0.489 e. The van der Waals surface area contributed by atoms with Crippen molar-refractivity contribution in [3.63, 3.8) is 0 Å². The summed E-state index contributed by atoms with van der Waals surface area (Å²) < 4.78 is 42.2. The van der Waals surface area contributed by atoms with E-state index in [1.807, 2.05) is 13.0 Å². The fourth-order valence-corrected chi connectivity index (χ4v) is 5.41. The molecule has 9 nitrogen and oxygen atoms in total. The van der Waals surface area contributed by atoms with Crippen molar-refractivity contribution in [3.8, 4) is 35.1 Å². The SMILES string of the molecule is C#Cc1cc2c(c(OCCC)c1-c1nc(N)cc3cccc(F)c13)OCCN(C1CN(C(=O)n3cnc(F)c3)C1)C2. The van der Waals surface area contributed by atoms with Crippen molar-refractivity contribution in [2.75, 3.05) is 38.6 Å². The standard InChI is InChI=1S/C30H28F2N6O3/c1-3-9-40-29-26(27-25-19(12-24(33)35-27)6-5-7-22(25)31)18(4-2)11-20-13-36(8-10-41-28(20)29)21-14-37(15-21)30(39)38-16-23(32)34-17-38/h2,5-7,11-12,16-17,21H,3,8-10,13-15H2,1H3,(H2,33,35). The number of hydrogen-bond donors (Lipinski definition) is 1. The molecule has 1 fully saturated rings. The van der Waals surface area contributed by atoms with Gasteiger partial charge >= 0.3 is 6.03 Å². The van der Waals surface area contributed by atoms with E-state index >= 15 is 4.39 Å². The van der Waals surface area contributed by atoms with Crippen LogP contribution in [0.25, 0.3) is 22.0 Å². The molecule has 0 radical (unpaired) electrons. The van der Waals surface area contributed by atoms with E-state index in [1.54, 1.807) is 23.1 Å². The first-order valence-corrected chi connectivity index (χ1v) is 13.4. The maximum Gasteiger partial charge on any atom is 0.329 e. The molecule has 1 amide bonds. The van der Waals surface area contributed by atoms with E-state index in [1.165, 1.54) is 12.4 Å². The van der Waals surface area contributed by atoms with Crippen LogP contribution in [0.3, 0.4) is 0 Å². The Labute approximate surface area is 235 Å². The number of aromatic nitrogens is 3. The van der Waals surface area contributed by atoms with E-state index in [0.717, 1.165) is 22.7 Å². The van der Waals surface area contributed by atoms with Crippen LogP contribution in [0.1, 0.15) is 24.5 Å². The number of nitrogens with zero attached hydrogens (tertiary/aromatic N) is 5. The number of fused-ring (bicyclic) bond motifs is 2. The van der Waals surface area contributed by atoms with Gasteiger partial charge in [-0.25, -0.2) is 19.2 Å². The number of terminal acetylenes is 1. The molecule has 2 N–H and O–H groups in total. The highest BCUT2D eigenvalue weighted by atomic mass is 19.1. The first-order valence-electron chi connectivity index (χ1n) is 13.4. The number of amides is 1. The van der Waals surface area contributed by atoms with Crippen molar-refractivity contribution in [1.29, 1.82) is 0 Å². The van der Waals surface area contributed by atoms with E-state index in [-0.39, 0.29) is 17.9 Å². The fourth-order valence-electron chi connectivity index (χ4n) is 5.41. The van der Waals surface area contributed by atoms with Gasteiger partial charge in [0.2, 0.25) is 5.95 Å². The average Bonchev–Trinajstić information content (AvgIpc) is 3.26. The van der Waals surface area contributed by atoms with Gasteiger partial charge in [0.05, 0.1) is 24.1 Å². The molecule has 2 aromatic carbocycles. The number of imidazole rings is 1. The normalized spacial score (nSPS) is 15.5. The van der Waals surface area contributed by atoms with Crippen LogP contribution in [0.4, 0.5) is 19.4 Å². The number of hydrogen-bond acceptors (Lipinski definition) is 7. The van der Waals surface area contributed by atoms with Gasteiger partial charge < -0.3 is 20.1 Å². The lowest BCUT2D eigenvalue weighted by Gasteiger charge is -2.44. The van der Waals surface area contributed by atoms with Gasteiger partial charge in [0.15, 0.2) is 11.5 Å². The van der Waals surface area contributed by atoms with E-state index in [4.69, 9.17) is 21.6 Å².